The quantitative estimate of drug-likeness (QED) is 0.764. The van der Waals surface area contributed by atoms with Crippen LogP contribution in [-0.2, 0) is 0 Å². The number of piperidine rings is 1. The first kappa shape index (κ1) is 15.1. The number of nitrogens with zero attached hydrogens (tertiary/aromatic N) is 1. The van der Waals surface area contributed by atoms with E-state index in [2.05, 4.69) is 5.32 Å². The summed E-state index contributed by atoms with van der Waals surface area (Å²) >= 11 is 2.05. The average Bonchev–Trinajstić information content (AvgIpc) is 2.41. The fraction of sp³-hybridized carbons (Fsp3) is 0.429. The van der Waals surface area contributed by atoms with Crippen LogP contribution in [0.1, 0.15) is 36.5 Å². The molecule has 2 amide bonds. The van der Waals surface area contributed by atoms with E-state index in [0.717, 1.165) is 29.4 Å². The predicted molar refractivity (Wildman–Crippen MR) is 85.2 cm³/mol. The third-order valence-corrected chi connectivity index (χ3v) is 4.19. The van der Waals surface area contributed by atoms with Gasteiger partial charge in [-0.1, -0.05) is 0 Å². The highest BCUT2D eigenvalue weighted by atomic mass is 127. The molecule has 20 heavy (non-hydrogen) atoms. The van der Waals surface area contributed by atoms with Crippen molar-refractivity contribution in [2.45, 2.75) is 32.2 Å². The van der Waals surface area contributed by atoms with Gasteiger partial charge < -0.3 is 15.3 Å². The molecule has 108 valence electrons. The highest BCUT2D eigenvalue weighted by molar-refractivity contribution is 14.1. The normalized spacial score (nSPS) is 18.7. The van der Waals surface area contributed by atoms with Crippen molar-refractivity contribution in [2.24, 2.45) is 0 Å². The van der Waals surface area contributed by atoms with E-state index in [9.17, 15) is 14.7 Å². The van der Waals surface area contributed by atoms with Crippen LogP contribution in [0.3, 0.4) is 0 Å². The Morgan fingerprint density at radius 2 is 2.15 bits per heavy atom. The van der Waals surface area contributed by atoms with E-state index >= 15 is 0 Å². The van der Waals surface area contributed by atoms with Crippen molar-refractivity contribution in [2.75, 3.05) is 11.9 Å². The van der Waals surface area contributed by atoms with E-state index in [0.29, 0.717) is 5.69 Å². The van der Waals surface area contributed by atoms with Crippen molar-refractivity contribution in [3.8, 4) is 0 Å². The molecule has 1 heterocycles. The van der Waals surface area contributed by atoms with E-state index in [4.69, 9.17) is 0 Å². The summed E-state index contributed by atoms with van der Waals surface area (Å²) in [4.78, 5) is 25.3. The fourth-order valence-electron chi connectivity index (χ4n) is 2.39. The summed E-state index contributed by atoms with van der Waals surface area (Å²) in [5.41, 5.74) is 0.468. The topological polar surface area (TPSA) is 69.6 Å². The van der Waals surface area contributed by atoms with Crippen LogP contribution in [0, 0.1) is 3.57 Å². The second-order valence-corrected chi connectivity index (χ2v) is 6.21. The fourth-order valence-corrected chi connectivity index (χ4v) is 2.88. The van der Waals surface area contributed by atoms with E-state index in [-0.39, 0.29) is 17.6 Å². The summed E-state index contributed by atoms with van der Waals surface area (Å²) in [5, 5.41) is 11.9. The maximum absolute atomic E-state index is 12.3. The third-order valence-electron chi connectivity index (χ3n) is 3.52. The van der Waals surface area contributed by atoms with Gasteiger partial charge in [-0.2, -0.15) is 0 Å². The van der Waals surface area contributed by atoms with E-state index in [1.54, 1.807) is 23.1 Å². The van der Waals surface area contributed by atoms with Gasteiger partial charge in [0.1, 0.15) is 0 Å². The number of carbonyl (C=O) groups is 2. The largest absolute Gasteiger partial charge is 0.478 e. The van der Waals surface area contributed by atoms with Crippen molar-refractivity contribution >= 4 is 40.3 Å². The predicted octanol–water partition coefficient (Wildman–Crippen LogP) is 3.40. The number of carbonyl (C=O) groups excluding carboxylic acids is 1. The number of hydrogen-bond donors (Lipinski definition) is 2. The van der Waals surface area contributed by atoms with Crippen LogP contribution < -0.4 is 5.32 Å². The zero-order valence-electron chi connectivity index (χ0n) is 11.2. The SMILES string of the molecule is CC1CCCCN1C(=O)Nc1ccc(I)cc1C(=O)O. The second kappa shape index (κ2) is 6.43. The molecule has 2 rings (SSSR count). The number of hydrogen-bond acceptors (Lipinski definition) is 2. The summed E-state index contributed by atoms with van der Waals surface area (Å²) < 4.78 is 0.823. The Hall–Kier alpha value is -1.31. The zero-order chi connectivity index (χ0) is 14.7. The van der Waals surface area contributed by atoms with Crippen LogP contribution in [-0.4, -0.2) is 34.6 Å². The molecule has 1 saturated heterocycles. The number of aromatic carboxylic acids is 1. The Bertz CT molecular complexity index is 533. The number of likely N-dealkylation sites (tertiary alicyclic amines) is 1. The lowest BCUT2D eigenvalue weighted by atomic mass is 10.0. The van der Waals surface area contributed by atoms with Gasteiger partial charge >= 0.3 is 12.0 Å². The highest BCUT2D eigenvalue weighted by Crippen LogP contribution is 2.22. The van der Waals surface area contributed by atoms with Crippen LogP contribution in [0.2, 0.25) is 0 Å². The summed E-state index contributed by atoms with van der Waals surface area (Å²) in [6.45, 7) is 2.74. The van der Waals surface area contributed by atoms with Gasteiger partial charge in [-0.3, -0.25) is 0 Å². The standard InChI is InChI=1S/C14H17IN2O3/c1-9-4-2-3-7-17(9)14(20)16-12-6-5-10(15)8-11(12)13(18)19/h5-6,8-9H,2-4,7H2,1H3,(H,16,20)(H,18,19). The van der Waals surface area contributed by atoms with Crippen molar-refractivity contribution < 1.29 is 14.7 Å². The number of rotatable bonds is 2. The van der Waals surface area contributed by atoms with Gasteiger partial charge in [0, 0.05) is 16.2 Å². The minimum Gasteiger partial charge on any atom is -0.478 e. The van der Waals surface area contributed by atoms with E-state index in [1.807, 2.05) is 29.5 Å². The van der Waals surface area contributed by atoms with Crippen LogP contribution in [0.25, 0.3) is 0 Å². The molecule has 0 aromatic heterocycles. The molecule has 1 atom stereocenters. The van der Waals surface area contributed by atoms with Crippen LogP contribution >= 0.6 is 22.6 Å². The molecule has 0 aliphatic carbocycles. The van der Waals surface area contributed by atoms with E-state index in [1.165, 1.54) is 0 Å². The molecule has 1 aromatic carbocycles. The molecule has 1 unspecified atom stereocenters. The number of carboxylic acid groups (broad SMARTS) is 1. The van der Waals surface area contributed by atoms with Crippen molar-refractivity contribution in [1.82, 2.24) is 4.90 Å². The molecule has 0 saturated carbocycles. The first-order chi connectivity index (χ1) is 9.49. The Balaban J connectivity index is 2.17. The minimum atomic E-state index is -1.04. The molecule has 1 aliphatic heterocycles. The van der Waals surface area contributed by atoms with Gasteiger partial charge in [-0.25, -0.2) is 9.59 Å². The first-order valence-electron chi connectivity index (χ1n) is 6.59. The van der Waals surface area contributed by atoms with Crippen molar-refractivity contribution in [1.29, 1.82) is 0 Å². The molecular formula is C14H17IN2O3. The number of anilines is 1. The maximum Gasteiger partial charge on any atom is 0.337 e. The van der Waals surface area contributed by atoms with Crippen molar-refractivity contribution in [3.63, 3.8) is 0 Å². The van der Waals surface area contributed by atoms with Gasteiger partial charge in [-0.05, 0) is 67.0 Å². The minimum absolute atomic E-state index is 0.120. The highest BCUT2D eigenvalue weighted by Gasteiger charge is 2.24. The monoisotopic (exact) mass is 388 g/mol. The lowest BCUT2D eigenvalue weighted by molar-refractivity contribution is 0.0698. The number of urea groups is 1. The Kier molecular flexibility index (Phi) is 4.85. The summed E-state index contributed by atoms with van der Waals surface area (Å²) in [7, 11) is 0. The molecule has 6 heteroatoms. The van der Waals surface area contributed by atoms with Gasteiger partial charge in [0.05, 0.1) is 11.3 Å². The second-order valence-electron chi connectivity index (χ2n) is 4.96. The summed E-state index contributed by atoms with van der Waals surface area (Å²) in [6, 6.07) is 4.94. The molecule has 1 aromatic rings. The molecule has 1 fully saturated rings. The summed E-state index contributed by atoms with van der Waals surface area (Å²) in [5.74, 6) is -1.04. The molecule has 0 radical (unpaired) electrons. The molecule has 5 nitrogen and oxygen atoms in total. The Labute approximate surface area is 131 Å². The van der Waals surface area contributed by atoms with Gasteiger partial charge in [0.25, 0.3) is 0 Å². The molecular weight excluding hydrogens is 371 g/mol. The van der Waals surface area contributed by atoms with Crippen LogP contribution in [0.15, 0.2) is 18.2 Å². The zero-order valence-corrected chi connectivity index (χ0v) is 13.4. The lowest BCUT2D eigenvalue weighted by Gasteiger charge is -2.33. The third kappa shape index (κ3) is 3.41. The number of carboxylic acids is 1. The van der Waals surface area contributed by atoms with Gasteiger partial charge in [0.2, 0.25) is 0 Å². The lowest BCUT2D eigenvalue weighted by Crippen LogP contribution is -2.44. The number of amides is 2. The van der Waals surface area contributed by atoms with Gasteiger partial charge in [0.15, 0.2) is 0 Å². The smallest absolute Gasteiger partial charge is 0.337 e. The number of benzene rings is 1. The molecule has 0 spiro atoms. The van der Waals surface area contributed by atoms with Crippen LogP contribution in [0.4, 0.5) is 10.5 Å². The molecule has 2 N–H and O–H groups in total. The van der Waals surface area contributed by atoms with Crippen LogP contribution in [0.5, 0.6) is 0 Å². The molecule has 0 bridgehead atoms. The Morgan fingerprint density at radius 1 is 1.40 bits per heavy atom. The maximum atomic E-state index is 12.3. The van der Waals surface area contributed by atoms with Gasteiger partial charge in [-0.15, -0.1) is 0 Å². The van der Waals surface area contributed by atoms with E-state index < -0.39 is 5.97 Å². The first-order valence-corrected chi connectivity index (χ1v) is 7.67. The summed E-state index contributed by atoms with van der Waals surface area (Å²) in [6.07, 6.45) is 3.12. The average molecular weight is 388 g/mol. The Morgan fingerprint density at radius 3 is 2.80 bits per heavy atom. The molecule has 1 aliphatic rings. The number of halogens is 1. The van der Waals surface area contributed by atoms with Crippen molar-refractivity contribution in [3.05, 3.63) is 27.3 Å². The number of nitrogens with one attached hydrogen (secondary N) is 1.